The third-order valence-corrected chi connectivity index (χ3v) is 2.74. The molecule has 2 N–H and O–H groups in total. The summed E-state index contributed by atoms with van der Waals surface area (Å²) in [6.45, 7) is 0.805. The lowest BCUT2D eigenvalue weighted by Crippen LogP contribution is -2.40. The molecule has 0 spiro atoms. The van der Waals surface area contributed by atoms with Crippen molar-refractivity contribution in [3.8, 4) is 0 Å². The number of benzene rings is 1. The Kier molecular flexibility index (Phi) is 2.58. The summed E-state index contributed by atoms with van der Waals surface area (Å²) >= 11 is 0. The van der Waals surface area contributed by atoms with Crippen molar-refractivity contribution in [2.75, 3.05) is 11.4 Å². The fourth-order valence-corrected chi connectivity index (χ4v) is 2.00. The van der Waals surface area contributed by atoms with E-state index in [9.17, 15) is 9.18 Å². The van der Waals surface area contributed by atoms with Crippen LogP contribution in [0.5, 0.6) is 0 Å². The van der Waals surface area contributed by atoms with Gasteiger partial charge >= 0.3 is 0 Å². The van der Waals surface area contributed by atoms with Crippen molar-refractivity contribution in [2.45, 2.75) is 18.9 Å². The van der Waals surface area contributed by atoms with Gasteiger partial charge in [-0.05, 0) is 37.1 Å². The Morgan fingerprint density at radius 3 is 2.67 bits per heavy atom. The summed E-state index contributed by atoms with van der Waals surface area (Å²) < 4.78 is 12.7. The lowest BCUT2D eigenvalue weighted by Gasteiger charge is -2.24. The van der Waals surface area contributed by atoms with Crippen molar-refractivity contribution in [3.05, 3.63) is 30.1 Å². The van der Waals surface area contributed by atoms with Crippen LogP contribution in [0.25, 0.3) is 0 Å². The average molecular weight is 208 g/mol. The van der Waals surface area contributed by atoms with E-state index in [1.54, 1.807) is 12.1 Å². The Labute approximate surface area is 87.7 Å². The maximum Gasteiger partial charge on any atom is 0.240 e. The number of carbonyl (C=O) groups excluding carboxylic acids is 1. The molecule has 80 valence electrons. The summed E-state index contributed by atoms with van der Waals surface area (Å²) in [6, 6.07) is 5.90. The minimum absolute atomic E-state index is 0.240. The topological polar surface area (TPSA) is 46.3 Å². The van der Waals surface area contributed by atoms with E-state index in [2.05, 4.69) is 0 Å². The third kappa shape index (κ3) is 1.93. The van der Waals surface area contributed by atoms with Crippen molar-refractivity contribution in [3.63, 3.8) is 0 Å². The summed E-state index contributed by atoms with van der Waals surface area (Å²) in [6.07, 6.45) is 1.73. The number of hydrogen-bond acceptors (Lipinski definition) is 2. The highest BCUT2D eigenvalue weighted by molar-refractivity contribution is 5.84. The number of anilines is 1. The average Bonchev–Trinajstić information content (AvgIpc) is 2.67. The van der Waals surface area contributed by atoms with Gasteiger partial charge < -0.3 is 10.6 Å². The Bertz CT molecular complexity index is 363. The van der Waals surface area contributed by atoms with Crippen LogP contribution in [0.3, 0.4) is 0 Å². The fourth-order valence-electron chi connectivity index (χ4n) is 2.00. The zero-order valence-corrected chi connectivity index (χ0v) is 8.32. The van der Waals surface area contributed by atoms with Gasteiger partial charge in [0, 0.05) is 12.2 Å². The van der Waals surface area contributed by atoms with Crippen LogP contribution < -0.4 is 10.6 Å². The zero-order chi connectivity index (χ0) is 10.8. The SMILES string of the molecule is NC(=O)[C@@H]1CCCN1c1ccc(F)cc1. The molecule has 1 aliphatic heterocycles. The lowest BCUT2D eigenvalue weighted by atomic mass is 10.2. The van der Waals surface area contributed by atoms with Crippen LogP contribution in [-0.2, 0) is 4.79 Å². The van der Waals surface area contributed by atoms with Gasteiger partial charge in [0.25, 0.3) is 0 Å². The summed E-state index contributed by atoms with van der Waals surface area (Å²) in [5, 5.41) is 0. The molecule has 1 aliphatic rings. The number of amides is 1. The van der Waals surface area contributed by atoms with E-state index >= 15 is 0 Å². The van der Waals surface area contributed by atoms with Crippen LogP contribution in [-0.4, -0.2) is 18.5 Å². The van der Waals surface area contributed by atoms with Gasteiger partial charge in [-0.3, -0.25) is 4.79 Å². The molecule has 1 amide bonds. The molecule has 0 bridgehead atoms. The molecule has 0 saturated carbocycles. The molecule has 4 heteroatoms. The number of nitrogens with zero attached hydrogens (tertiary/aromatic N) is 1. The molecule has 1 fully saturated rings. The zero-order valence-electron chi connectivity index (χ0n) is 8.32. The minimum atomic E-state index is -0.308. The second kappa shape index (κ2) is 3.88. The first kappa shape index (κ1) is 9.96. The molecule has 15 heavy (non-hydrogen) atoms. The summed E-state index contributed by atoms with van der Waals surface area (Å²) in [5.41, 5.74) is 6.16. The molecular weight excluding hydrogens is 195 g/mol. The molecule has 0 unspecified atom stereocenters. The van der Waals surface area contributed by atoms with Gasteiger partial charge in [-0.2, -0.15) is 0 Å². The summed E-state index contributed by atoms with van der Waals surface area (Å²) in [7, 11) is 0. The van der Waals surface area contributed by atoms with Crippen LogP contribution in [0.15, 0.2) is 24.3 Å². The molecule has 1 atom stereocenters. The fraction of sp³-hybridized carbons (Fsp3) is 0.364. The maximum absolute atomic E-state index is 12.7. The Hall–Kier alpha value is -1.58. The predicted octanol–water partition coefficient (Wildman–Crippen LogP) is 1.28. The van der Waals surface area contributed by atoms with Crippen LogP contribution in [0.1, 0.15) is 12.8 Å². The molecule has 0 radical (unpaired) electrons. The molecule has 1 aromatic rings. The molecule has 0 aromatic heterocycles. The summed E-state index contributed by atoms with van der Waals surface area (Å²) in [5.74, 6) is -0.578. The standard InChI is InChI=1S/C11H13FN2O/c12-8-3-5-9(6-4-8)14-7-1-2-10(14)11(13)15/h3-6,10H,1-2,7H2,(H2,13,15)/t10-/m0/s1. The van der Waals surface area contributed by atoms with Crippen LogP contribution >= 0.6 is 0 Å². The van der Waals surface area contributed by atoms with Gasteiger partial charge in [0.15, 0.2) is 0 Å². The molecule has 1 aromatic carbocycles. The highest BCUT2D eigenvalue weighted by Gasteiger charge is 2.28. The quantitative estimate of drug-likeness (QED) is 0.795. The predicted molar refractivity (Wildman–Crippen MR) is 56.0 cm³/mol. The van der Waals surface area contributed by atoms with E-state index in [1.807, 2.05) is 4.90 Å². The van der Waals surface area contributed by atoms with E-state index in [0.29, 0.717) is 0 Å². The Morgan fingerprint density at radius 2 is 2.07 bits per heavy atom. The van der Waals surface area contributed by atoms with Crippen molar-refractivity contribution in [2.24, 2.45) is 5.73 Å². The number of hydrogen-bond donors (Lipinski definition) is 1. The third-order valence-electron chi connectivity index (χ3n) is 2.74. The van der Waals surface area contributed by atoms with Gasteiger partial charge in [-0.15, -0.1) is 0 Å². The Balaban J connectivity index is 2.22. The van der Waals surface area contributed by atoms with E-state index in [0.717, 1.165) is 25.1 Å². The normalized spacial score (nSPS) is 20.6. The van der Waals surface area contributed by atoms with Crippen molar-refractivity contribution in [1.29, 1.82) is 0 Å². The lowest BCUT2D eigenvalue weighted by molar-refractivity contribution is -0.119. The largest absolute Gasteiger partial charge is 0.368 e. The van der Waals surface area contributed by atoms with E-state index < -0.39 is 0 Å². The number of primary amides is 1. The number of halogens is 1. The van der Waals surface area contributed by atoms with Crippen molar-refractivity contribution in [1.82, 2.24) is 0 Å². The highest BCUT2D eigenvalue weighted by Crippen LogP contribution is 2.25. The smallest absolute Gasteiger partial charge is 0.240 e. The molecule has 3 nitrogen and oxygen atoms in total. The first-order chi connectivity index (χ1) is 7.18. The second-order valence-corrected chi connectivity index (χ2v) is 3.73. The number of carbonyl (C=O) groups is 1. The molecule has 1 saturated heterocycles. The number of nitrogens with two attached hydrogens (primary N) is 1. The first-order valence-electron chi connectivity index (χ1n) is 5.00. The molecule has 1 heterocycles. The maximum atomic E-state index is 12.7. The van der Waals surface area contributed by atoms with Gasteiger partial charge in [0.1, 0.15) is 11.9 Å². The van der Waals surface area contributed by atoms with Crippen LogP contribution in [0.4, 0.5) is 10.1 Å². The van der Waals surface area contributed by atoms with E-state index in [4.69, 9.17) is 5.73 Å². The van der Waals surface area contributed by atoms with Gasteiger partial charge in [0.2, 0.25) is 5.91 Å². The van der Waals surface area contributed by atoms with Crippen LogP contribution in [0, 0.1) is 5.82 Å². The van der Waals surface area contributed by atoms with Gasteiger partial charge in [-0.1, -0.05) is 0 Å². The number of rotatable bonds is 2. The molecular formula is C11H13FN2O. The van der Waals surface area contributed by atoms with E-state index in [1.165, 1.54) is 12.1 Å². The monoisotopic (exact) mass is 208 g/mol. The van der Waals surface area contributed by atoms with Gasteiger partial charge in [-0.25, -0.2) is 4.39 Å². The second-order valence-electron chi connectivity index (χ2n) is 3.73. The highest BCUT2D eigenvalue weighted by atomic mass is 19.1. The first-order valence-corrected chi connectivity index (χ1v) is 5.00. The van der Waals surface area contributed by atoms with Crippen molar-refractivity contribution >= 4 is 11.6 Å². The minimum Gasteiger partial charge on any atom is -0.368 e. The molecule has 2 rings (SSSR count). The van der Waals surface area contributed by atoms with Crippen molar-refractivity contribution < 1.29 is 9.18 Å². The van der Waals surface area contributed by atoms with Crippen LogP contribution in [0.2, 0.25) is 0 Å². The molecule has 0 aliphatic carbocycles. The summed E-state index contributed by atoms with van der Waals surface area (Å²) in [4.78, 5) is 13.1. The van der Waals surface area contributed by atoms with E-state index in [-0.39, 0.29) is 17.8 Å². The Morgan fingerprint density at radius 1 is 1.40 bits per heavy atom. The van der Waals surface area contributed by atoms with Gasteiger partial charge in [0.05, 0.1) is 0 Å².